The summed E-state index contributed by atoms with van der Waals surface area (Å²) in [5, 5.41) is 10.1. The maximum Gasteiger partial charge on any atom is 0.309 e. The predicted octanol–water partition coefficient (Wildman–Crippen LogP) is 4.07. The summed E-state index contributed by atoms with van der Waals surface area (Å²) < 4.78 is 17.2. The summed E-state index contributed by atoms with van der Waals surface area (Å²) in [6, 6.07) is 0. The molecule has 0 unspecified atom stereocenters. The lowest BCUT2D eigenvalue weighted by Crippen LogP contribution is -2.61. The number of fused-ring (bicyclic) bond motifs is 1. The summed E-state index contributed by atoms with van der Waals surface area (Å²) in [5.74, 6) is -1.01. The number of carboxylic acids is 1. The number of carbonyl (C=O) groups excluding carboxylic acids is 2. The van der Waals surface area contributed by atoms with Crippen LogP contribution in [0.1, 0.15) is 86.0 Å². The molecule has 0 aromatic heterocycles. The smallest absolute Gasteiger partial charge is 0.309 e. The van der Waals surface area contributed by atoms with E-state index in [1.807, 2.05) is 6.92 Å². The number of hydrogen-bond donors (Lipinski definition) is 1. The molecule has 1 heterocycles. The lowest BCUT2D eigenvalue weighted by atomic mass is 9.43. The van der Waals surface area contributed by atoms with Crippen LogP contribution in [0.2, 0.25) is 0 Å². The van der Waals surface area contributed by atoms with Crippen LogP contribution in [0.5, 0.6) is 0 Å². The lowest BCUT2D eigenvalue weighted by Gasteiger charge is -2.58. The van der Waals surface area contributed by atoms with Crippen LogP contribution in [0.25, 0.3) is 0 Å². The minimum Gasteiger partial charge on any atom is -0.481 e. The average Bonchev–Trinajstić information content (AvgIpc) is 3.30. The van der Waals surface area contributed by atoms with Crippen molar-refractivity contribution in [1.82, 2.24) is 0 Å². The molecule has 4 fully saturated rings. The maximum absolute atomic E-state index is 12.2. The van der Waals surface area contributed by atoms with Crippen LogP contribution in [0.15, 0.2) is 0 Å². The SMILES string of the molecule is CC(=O)OC(C[C@@H]1C[C@@]23CC[C@@H]4[C@](C)(C(=O)O)CCC[C@@]4(C)[C@]2(C[C@@H]1C)O3)OC(C)=O. The van der Waals surface area contributed by atoms with E-state index in [2.05, 4.69) is 13.8 Å². The molecule has 4 rings (SSSR count). The van der Waals surface area contributed by atoms with Crippen molar-refractivity contribution in [3.63, 3.8) is 0 Å². The van der Waals surface area contributed by atoms with Gasteiger partial charge in [0.2, 0.25) is 6.29 Å². The van der Waals surface area contributed by atoms with Gasteiger partial charge >= 0.3 is 17.9 Å². The molecule has 4 aliphatic rings. The second-order valence-corrected chi connectivity index (χ2v) is 11.0. The van der Waals surface area contributed by atoms with E-state index in [-0.39, 0.29) is 34.4 Å². The third kappa shape index (κ3) is 3.21. The fraction of sp³-hybridized carbons (Fsp3) is 0.875. The molecular weight excluding hydrogens is 400 g/mol. The monoisotopic (exact) mass is 436 g/mol. The molecule has 0 bridgehead atoms. The summed E-state index contributed by atoms with van der Waals surface area (Å²) in [6.07, 6.45) is 5.67. The Morgan fingerprint density at radius 2 is 1.71 bits per heavy atom. The molecule has 7 atom stereocenters. The van der Waals surface area contributed by atoms with Gasteiger partial charge in [0.25, 0.3) is 0 Å². The van der Waals surface area contributed by atoms with E-state index < -0.39 is 29.6 Å². The molecule has 7 nitrogen and oxygen atoms in total. The van der Waals surface area contributed by atoms with Gasteiger partial charge in [-0.1, -0.05) is 20.3 Å². The number of carbonyl (C=O) groups is 3. The molecule has 0 aromatic carbocycles. The van der Waals surface area contributed by atoms with Crippen LogP contribution in [0.3, 0.4) is 0 Å². The maximum atomic E-state index is 12.2. The molecule has 0 aromatic rings. The Labute approximate surface area is 184 Å². The molecule has 174 valence electrons. The third-order valence-electron chi connectivity index (χ3n) is 9.34. The van der Waals surface area contributed by atoms with Gasteiger partial charge in [-0.05, 0) is 63.2 Å². The van der Waals surface area contributed by atoms with Crippen LogP contribution in [-0.4, -0.2) is 40.5 Å². The van der Waals surface area contributed by atoms with Crippen molar-refractivity contribution in [3.05, 3.63) is 0 Å². The number of esters is 2. The van der Waals surface area contributed by atoms with E-state index in [1.165, 1.54) is 13.8 Å². The lowest BCUT2D eigenvalue weighted by molar-refractivity contribution is -0.190. The highest BCUT2D eigenvalue weighted by molar-refractivity contribution is 5.75. The van der Waals surface area contributed by atoms with Crippen LogP contribution < -0.4 is 0 Å². The molecule has 3 aliphatic carbocycles. The number of carboxylic acid groups (broad SMARTS) is 1. The zero-order valence-corrected chi connectivity index (χ0v) is 19.4. The van der Waals surface area contributed by atoms with Gasteiger partial charge in [-0.2, -0.15) is 0 Å². The van der Waals surface area contributed by atoms with E-state index >= 15 is 0 Å². The van der Waals surface area contributed by atoms with E-state index in [9.17, 15) is 19.5 Å². The Morgan fingerprint density at radius 1 is 1.06 bits per heavy atom. The number of epoxide rings is 1. The van der Waals surface area contributed by atoms with E-state index in [1.54, 1.807) is 0 Å². The Balaban J connectivity index is 1.57. The Kier molecular flexibility index (Phi) is 5.23. The average molecular weight is 437 g/mol. The quantitative estimate of drug-likeness (QED) is 0.394. The van der Waals surface area contributed by atoms with Crippen molar-refractivity contribution in [3.8, 4) is 0 Å². The van der Waals surface area contributed by atoms with Crippen molar-refractivity contribution < 1.29 is 33.7 Å². The summed E-state index contributed by atoms with van der Waals surface area (Å²) in [4.78, 5) is 35.2. The first kappa shape index (κ1) is 22.6. The van der Waals surface area contributed by atoms with Gasteiger partial charge in [0.15, 0.2) is 0 Å². The van der Waals surface area contributed by atoms with Crippen molar-refractivity contribution >= 4 is 17.9 Å². The minimum absolute atomic E-state index is 0.112. The molecule has 0 radical (unpaired) electrons. The summed E-state index contributed by atoms with van der Waals surface area (Å²) in [5.41, 5.74) is -1.35. The zero-order chi connectivity index (χ0) is 22.8. The van der Waals surface area contributed by atoms with Gasteiger partial charge in [-0.3, -0.25) is 14.4 Å². The van der Waals surface area contributed by atoms with Gasteiger partial charge in [-0.25, -0.2) is 0 Å². The van der Waals surface area contributed by atoms with Crippen LogP contribution in [-0.2, 0) is 28.6 Å². The molecule has 31 heavy (non-hydrogen) atoms. The number of rotatable bonds is 5. The van der Waals surface area contributed by atoms with Gasteiger partial charge < -0.3 is 19.3 Å². The highest BCUT2D eigenvalue weighted by Crippen LogP contribution is 2.78. The number of hydrogen-bond acceptors (Lipinski definition) is 6. The zero-order valence-electron chi connectivity index (χ0n) is 19.4. The Morgan fingerprint density at radius 3 is 2.29 bits per heavy atom. The van der Waals surface area contributed by atoms with E-state index in [0.29, 0.717) is 6.42 Å². The first-order valence-electron chi connectivity index (χ1n) is 11.7. The molecule has 0 spiro atoms. The van der Waals surface area contributed by atoms with Crippen molar-refractivity contribution in [2.45, 2.75) is 103 Å². The fourth-order valence-electron chi connectivity index (χ4n) is 7.89. The standard InChI is InChI=1S/C24H36O7/c1-14-12-24-22(5)9-6-8-21(4,20(27)28)18(22)7-10-23(24,31-24)13-17(14)11-19(29-15(2)25)30-16(3)26/h14,17-19H,6-13H2,1-5H3,(H,27,28)/t14-,17+,18+,21+,22+,23-,24-/m0/s1. The first-order chi connectivity index (χ1) is 14.4. The first-order valence-corrected chi connectivity index (χ1v) is 11.7. The molecule has 0 amide bonds. The molecule has 1 N–H and O–H groups in total. The fourth-order valence-corrected chi connectivity index (χ4v) is 7.89. The summed E-state index contributed by atoms with van der Waals surface area (Å²) in [6.45, 7) is 9.03. The third-order valence-corrected chi connectivity index (χ3v) is 9.34. The summed E-state index contributed by atoms with van der Waals surface area (Å²) in [7, 11) is 0. The largest absolute Gasteiger partial charge is 0.481 e. The highest BCUT2D eigenvalue weighted by atomic mass is 16.7. The topological polar surface area (TPSA) is 102 Å². The molecule has 1 aliphatic heterocycles. The summed E-state index contributed by atoms with van der Waals surface area (Å²) >= 11 is 0. The molecule has 1 saturated heterocycles. The molecule has 3 saturated carbocycles. The van der Waals surface area contributed by atoms with E-state index in [4.69, 9.17) is 14.2 Å². The van der Waals surface area contributed by atoms with Gasteiger partial charge in [0.05, 0.1) is 11.0 Å². The van der Waals surface area contributed by atoms with Crippen molar-refractivity contribution in [2.75, 3.05) is 0 Å². The molecule has 7 heteroatoms. The van der Waals surface area contributed by atoms with Crippen molar-refractivity contribution in [2.24, 2.45) is 28.6 Å². The van der Waals surface area contributed by atoms with Gasteiger partial charge in [0.1, 0.15) is 5.60 Å². The van der Waals surface area contributed by atoms with Gasteiger partial charge in [-0.15, -0.1) is 0 Å². The minimum atomic E-state index is -0.873. The van der Waals surface area contributed by atoms with Crippen LogP contribution in [0, 0.1) is 28.6 Å². The normalized spacial score (nSPS) is 45.7. The highest BCUT2D eigenvalue weighted by Gasteiger charge is 2.83. The Hall–Kier alpha value is -1.63. The number of aliphatic carboxylic acids is 1. The van der Waals surface area contributed by atoms with Crippen LogP contribution >= 0.6 is 0 Å². The van der Waals surface area contributed by atoms with Crippen molar-refractivity contribution in [1.29, 1.82) is 0 Å². The molecular formula is C24H36O7. The second kappa shape index (κ2) is 7.19. The van der Waals surface area contributed by atoms with Crippen LogP contribution in [0.4, 0.5) is 0 Å². The Bertz CT molecular complexity index is 779. The number of ether oxygens (including phenoxy) is 3. The predicted molar refractivity (Wildman–Crippen MR) is 111 cm³/mol. The van der Waals surface area contributed by atoms with Gasteiger partial charge in [0, 0.05) is 25.7 Å². The second-order valence-electron chi connectivity index (χ2n) is 11.0. The van der Waals surface area contributed by atoms with E-state index in [0.717, 1.165) is 44.9 Å².